The van der Waals surface area contributed by atoms with Crippen molar-refractivity contribution in [3.05, 3.63) is 0 Å². The Hall–Kier alpha value is -0.480. The molecule has 12 heavy (non-hydrogen) atoms. The molecule has 1 rings (SSSR count). The third kappa shape index (κ3) is 2.25. The van der Waals surface area contributed by atoms with Crippen molar-refractivity contribution >= 4 is 0 Å². The van der Waals surface area contributed by atoms with Crippen LogP contribution in [-0.4, -0.2) is 10.7 Å². The Morgan fingerprint density at radius 2 is 1.92 bits per heavy atom. The van der Waals surface area contributed by atoms with Crippen LogP contribution in [0.4, 0.5) is 0 Å². The molecule has 0 bridgehead atoms. The highest BCUT2D eigenvalue weighted by Crippen LogP contribution is 2.37. The van der Waals surface area contributed by atoms with E-state index in [1.54, 1.807) is 0 Å². The summed E-state index contributed by atoms with van der Waals surface area (Å²) in [4.78, 5) is 0. The van der Waals surface area contributed by atoms with Gasteiger partial charge in [-0.25, -0.2) is 0 Å². The first-order valence-electron chi connectivity index (χ1n) is 4.71. The predicted molar refractivity (Wildman–Crippen MR) is 50.6 cm³/mol. The zero-order valence-electron chi connectivity index (χ0n) is 8.01. The zero-order valence-corrected chi connectivity index (χ0v) is 8.01. The van der Waals surface area contributed by atoms with Crippen LogP contribution in [0.1, 0.15) is 39.5 Å². The van der Waals surface area contributed by atoms with Crippen LogP contribution in [0.25, 0.3) is 0 Å². The summed E-state index contributed by atoms with van der Waals surface area (Å²) in [6, 6.07) is 0. The first-order chi connectivity index (χ1) is 5.56. The molecule has 1 saturated carbocycles. The Labute approximate surface area is 75.2 Å². The van der Waals surface area contributed by atoms with Crippen LogP contribution in [-0.2, 0) is 0 Å². The van der Waals surface area contributed by atoms with Crippen molar-refractivity contribution in [3.63, 3.8) is 0 Å². The van der Waals surface area contributed by atoms with E-state index in [2.05, 4.69) is 19.8 Å². The molecule has 0 aliphatic heterocycles. The monoisotopic (exact) mass is 166 g/mol. The fraction of sp³-hybridized carbons (Fsp3) is 0.818. The molecule has 0 aromatic carbocycles. The van der Waals surface area contributed by atoms with Gasteiger partial charge < -0.3 is 5.11 Å². The maximum atomic E-state index is 10.1. The minimum Gasteiger partial charge on any atom is -0.389 e. The lowest BCUT2D eigenvalue weighted by Gasteiger charge is -2.37. The van der Waals surface area contributed by atoms with Crippen molar-refractivity contribution in [2.45, 2.75) is 45.1 Å². The van der Waals surface area contributed by atoms with E-state index in [0.29, 0.717) is 18.3 Å². The molecular weight excluding hydrogens is 148 g/mol. The molecule has 0 heterocycles. The molecule has 1 fully saturated rings. The molecule has 2 atom stereocenters. The zero-order chi connectivity index (χ0) is 9.19. The lowest BCUT2D eigenvalue weighted by Crippen LogP contribution is -2.37. The Kier molecular flexibility index (Phi) is 2.80. The summed E-state index contributed by atoms with van der Waals surface area (Å²) in [5, 5.41) is 10.1. The van der Waals surface area contributed by atoms with E-state index < -0.39 is 5.60 Å². The van der Waals surface area contributed by atoms with Crippen molar-refractivity contribution in [1.29, 1.82) is 0 Å². The standard InChI is InChI=1S/C11H18O/c1-4-5-11(12)7-9(2)6-10(3)8-11/h1,9-10,12H,5-8H2,2-3H3. The van der Waals surface area contributed by atoms with Gasteiger partial charge in [0.2, 0.25) is 0 Å². The average Bonchev–Trinajstić information content (AvgIpc) is 1.82. The Balaban J connectivity index is 2.59. The molecule has 0 amide bonds. The van der Waals surface area contributed by atoms with Crippen molar-refractivity contribution in [1.82, 2.24) is 0 Å². The van der Waals surface area contributed by atoms with Gasteiger partial charge in [-0.1, -0.05) is 13.8 Å². The molecule has 0 aromatic heterocycles. The number of hydrogen-bond acceptors (Lipinski definition) is 1. The van der Waals surface area contributed by atoms with Gasteiger partial charge in [0, 0.05) is 6.42 Å². The highest BCUT2D eigenvalue weighted by atomic mass is 16.3. The second-order valence-corrected chi connectivity index (χ2v) is 4.46. The first-order valence-corrected chi connectivity index (χ1v) is 4.71. The summed E-state index contributed by atoms with van der Waals surface area (Å²) in [6.07, 6.45) is 8.72. The average molecular weight is 166 g/mol. The van der Waals surface area contributed by atoms with Crippen LogP contribution in [0, 0.1) is 24.2 Å². The smallest absolute Gasteiger partial charge is 0.0761 e. The van der Waals surface area contributed by atoms with Crippen molar-refractivity contribution < 1.29 is 5.11 Å². The van der Waals surface area contributed by atoms with Gasteiger partial charge in [0.1, 0.15) is 0 Å². The maximum Gasteiger partial charge on any atom is 0.0761 e. The highest BCUT2D eigenvalue weighted by molar-refractivity contribution is 4.98. The fourth-order valence-corrected chi connectivity index (χ4v) is 2.57. The second kappa shape index (κ2) is 3.49. The maximum absolute atomic E-state index is 10.1. The van der Waals surface area contributed by atoms with Gasteiger partial charge in [0.25, 0.3) is 0 Å². The third-order valence-corrected chi connectivity index (χ3v) is 2.69. The molecule has 0 aromatic rings. The molecule has 68 valence electrons. The lowest BCUT2D eigenvalue weighted by atomic mass is 9.72. The molecule has 2 unspecified atom stereocenters. The Morgan fingerprint density at radius 1 is 1.42 bits per heavy atom. The van der Waals surface area contributed by atoms with Gasteiger partial charge >= 0.3 is 0 Å². The lowest BCUT2D eigenvalue weighted by molar-refractivity contribution is -0.0265. The van der Waals surface area contributed by atoms with E-state index >= 15 is 0 Å². The van der Waals surface area contributed by atoms with Crippen molar-refractivity contribution in [2.24, 2.45) is 11.8 Å². The molecule has 0 radical (unpaired) electrons. The summed E-state index contributed by atoms with van der Waals surface area (Å²) in [5.74, 6) is 3.80. The molecule has 1 aliphatic carbocycles. The summed E-state index contributed by atoms with van der Waals surface area (Å²) < 4.78 is 0. The van der Waals surface area contributed by atoms with Crippen LogP contribution in [0.2, 0.25) is 0 Å². The van der Waals surface area contributed by atoms with E-state index in [-0.39, 0.29) is 0 Å². The normalized spacial score (nSPS) is 42.2. The van der Waals surface area contributed by atoms with Gasteiger partial charge in [-0.2, -0.15) is 0 Å². The van der Waals surface area contributed by atoms with Crippen molar-refractivity contribution in [3.8, 4) is 12.3 Å². The summed E-state index contributed by atoms with van der Waals surface area (Å²) in [5.41, 5.74) is -0.564. The Morgan fingerprint density at radius 3 is 2.33 bits per heavy atom. The minimum absolute atomic E-state index is 0.516. The van der Waals surface area contributed by atoms with Crippen molar-refractivity contribution in [2.75, 3.05) is 0 Å². The SMILES string of the molecule is C#CCC1(O)CC(C)CC(C)C1. The third-order valence-electron chi connectivity index (χ3n) is 2.69. The number of terminal acetylenes is 1. The Bertz CT molecular complexity index is 180. The summed E-state index contributed by atoms with van der Waals surface area (Å²) in [7, 11) is 0. The molecule has 0 spiro atoms. The van der Waals surface area contributed by atoms with E-state index in [9.17, 15) is 5.11 Å². The van der Waals surface area contributed by atoms with E-state index in [1.807, 2.05) is 0 Å². The van der Waals surface area contributed by atoms with Gasteiger partial charge in [-0.3, -0.25) is 0 Å². The number of hydrogen-bond donors (Lipinski definition) is 1. The summed E-state index contributed by atoms with van der Waals surface area (Å²) in [6.45, 7) is 4.38. The van der Waals surface area contributed by atoms with E-state index in [0.717, 1.165) is 12.8 Å². The van der Waals surface area contributed by atoms with Gasteiger partial charge in [0.15, 0.2) is 0 Å². The highest BCUT2D eigenvalue weighted by Gasteiger charge is 2.34. The number of rotatable bonds is 1. The minimum atomic E-state index is -0.564. The second-order valence-electron chi connectivity index (χ2n) is 4.46. The first kappa shape index (κ1) is 9.61. The van der Waals surface area contributed by atoms with E-state index in [1.165, 1.54) is 6.42 Å². The summed E-state index contributed by atoms with van der Waals surface area (Å²) >= 11 is 0. The predicted octanol–water partition coefficient (Wildman–Crippen LogP) is 2.20. The van der Waals surface area contributed by atoms with Crippen LogP contribution < -0.4 is 0 Å². The molecule has 1 heteroatoms. The van der Waals surface area contributed by atoms with Crippen LogP contribution in [0.5, 0.6) is 0 Å². The molecule has 1 N–H and O–H groups in total. The van der Waals surface area contributed by atoms with Crippen LogP contribution in [0.3, 0.4) is 0 Å². The van der Waals surface area contributed by atoms with Gasteiger partial charge in [0.05, 0.1) is 5.60 Å². The number of aliphatic hydroxyl groups is 1. The molecular formula is C11H18O. The van der Waals surface area contributed by atoms with Crippen LogP contribution >= 0.6 is 0 Å². The van der Waals surface area contributed by atoms with E-state index in [4.69, 9.17) is 6.42 Å². The fourth-order valence-electron chi connectivity index (χ4n) is 2.57. The van der Waals surface area contributed by atoms with Gasteiger partial charge in [-0.05, 0) is 31.1 Å². The van der Waals surface area contributed by atoms with Gasteiger partial charge in [-0.15, -0.1) is 12.3 Å². The molecule has 1 aliphatic rings. The molecule has 1 nitrogen and oxygen atoms in total. The quantitative estimate of drug-likeness (QED) is 0.592. The largest absolute Gasteiger partial charge is 0.389 e. The molecule has 0 saturated heterocycles. The topological polar surface area (TPSA) is 20.2 Å². The van der Waals surface area contributed by atoms with Crippen LogP contribution in [0.15, 0.2) is 0 Å².